The van der Waals surface area contributed by atoms with Crippen LogP contribution in [0.15, 0.2) is 12.4 Å². The van der Waals surface area contributed by atoms with Gasteiger partial charge in [0, 0.05) is 32.5 Å². The third-order valence-electron chi connectivity index (χ3n) is 2.65. The van der Waals surface area contributed by atoms with Crippen LogP contribution >= 0.6 is 0 Å². The van der Waals surface area contributed by atoms with Crippen molar-refractivity contribution in [3.63, 3.8) is 0 Å². The molecule has 0 radical (unpaired) electrons. The molecular formula is C10H18N4. The predicted octanol–water partition coefficient (Wildman–Crippen LogP) is 0.926. The maximum Gasteiger partial charge on any atom is 0.202 e. The molecule has 0 atom stereocenters. The lowest BCUT2D eigenvalue weighted by Gasteiger charge is -2.39. The minimum absolute atomic E-state index is 0.586. The van der Waals surface area contributed by atoms with Gasteiger partial charge in [-0.25, -0.2) is 4.98 Å². The van der Waals surface area contributed by atoms with Gasteiger partial charge in [-0.05, 0) is 13.0 Å². The Balaban J connectivity index is 1.77. The fourth-order valence-electron chi connectivity index (χ4n) is 1.85. The Hall–Kier alpha value is -1.03. The Labute approximate surface area is 84.9 Å². The van der Waals surface area contributed by atoms with Crippen molar-refractivity contribution >= 4 is 5.95 Å². The molecule has 0 unspecified atom stereocenters. The fraction of sp³-hybridized carbons (Fsp3) is 0.700. The first-order chi connectivity index (χ1) is 6.79. The highest BCUT2D eigenvalue weighted by atomic mass is 15.3. The number of nitrogens with one attached hydrogen (secondary N) is 1. The van der Waals surface area contributed by atoms with Gasteiger partial charge >= 0.3 is 0 Å². The summed E-state index contributed by atoms with van der Waals surface area (Å²) in [5.74, 6) is 0.978. The maximum atomic E-state index is 4.24. The number of hydrogen-bond acceptors (Lipinski definition) is 3. The van der Waals surface area contributed by atoms with Crippen molar-refractivity contribution in [2.75, 3.05) is 25.0 Å². The molecular weight excluding hydrogens is 176 g/mol. The molecule has 0 aromatic carbocycles. The molecule has 0 spiro atoms. The van der Waals surface area contributed by atoms with Gasteiger partial charge < -0.3 is 9.88 Å². The quantitative estimate of drug-likeness (QED) is 0.774. The normalized spacial score (nSPS) is 18.1. The summed E-state index contributed by atoms with van der Waals surface area (Å²) in [5, 5.41) is 3.43. The van der Waals surface area contributed by atoms with Crippen LogP contribution in [0.3, 0.4) is 0 Å². The number of anilines is 1. The monoisotopic (exact) mass is 194 g/mol. The second-order valence-corrected chi connectivity index (χ2v) is 3.96. The Bertz CT molecular complexity index is 288. The molecule has 1 aromatic rings. The third kappa shape index (κ3) is 1.90. The average molecular weight is 194 g/mol. The summed E-state index contributed by atoms with van der Waals surface area (Å²) in [7, 11) is 2.01. The molecule has 14 heavy (non-hydrogen) atoms. The number of aryl methyl sites for hydroxylation is 1. The zero-order valence-electron chi connectivity index (χ0n) is 8.90. The molecule has 1 aliphatic heterocycles. The second kappa shape index (κ2) is 4.00. The van der Waals surface area contributed by atoms with Crippen LogP contribution in [0.4, 0.5) is 5.95 Å². The molecule has 1 aliphatic rings. The van der Waals surface area contributed by atoms with Crippen molar-refractivity contribution in [1.82, 2.24) is 14.5 Å². The van der Waals surface area contributed by atoms with E-state index < -0.39 is 0 Å². The fourth-order valence-corrected chi connectivity index (χ4v) is 1.85. The van der Waals surface area contributed by atoms with Gasteiger partial charge in [-0.3, -0.25) is 4.90 Å². The summed E-state index contributed by atoms with van der Waals surface area (Å²) in [6.45, 7) is 5.75. The SMILES string of the molecule is CCCN1CC(Nc2nccn2C)C1. The van der Waals surface area contributed by atoms with E-state index in [-0.39, 0.29) is 0 Å². The largest absolute Gasteiger partial charge is 0.350 e. The first-order valence-electron chi connectivity index (χ1n) is 5.26. The lowest BCUT2D eigenvalue weighted by molar-refractivity contribution is 0.161. The van der Waals surface area contributed by atoms with Crippen molar-refractivity contribution in [2.24, 2.45) is 7.05 Å². The standard InChI is InChI=1S/C10H18N4/c1-3-5-14-7-9(8-14)12-10-11-4-6-13(10)2/h4,6,9H,3,5,7-8H2,1-2H3,(H,11,12). The minimum atomic E-state index is 0.586. The first kappa shape index (κ1) is 9.52. The molecule has 0 saturated carbocycles. The Morgan fingerprint density at radius 2 is 2.36 bits per heavy atom. The lowest BCUT2D eigenvalue weighted by Crippen LogP contribution is -2.54. The molecule has 1 fully saturated rings. The van der Waals surface area contributed by atoms with Crippen LogP contribution in [0.1, 0.15) is 13.3 Å². The van der Waals surface area contributed by atoms with Crippen LogP contribution in [-0.4, -0.2) is 40.1 Å². The van der Waals surface area contributed by atoms with Crippen molar-refractivity contribution in [3.05, 3.63) is 12.4 Å². The smallest absolute Gasteiger partial charge is 0.202 e. The Morgan fingerprint density at radius 3 is 2.93 bits per heavy atom. The van der Waals surface area contributed by atoms with E-state index in [0.717, 1.165) is 19.0 Å². The minimum Gasteiger partial charge on any atom is -0.350 e. The van der Waals surface area contributed by atoms with Crippen LogP contribution in [0, 0.1) is 0 Å². The van der Waals surface area contributed by atoms with E-state index >= 15 is 0 Å². The van der Waals surface area contributed by atoms with Gasteiger partial charge in [0.05, 0.1) is 6.04 Å². The number of nitrogens with zero attached hydrogens (tertiary/aromatic N) is 3. The van der Waals surface area contributed by atoms with Gasteiger partial charge in [-0.15, -0.1) is 0 Å². The molecule has 1 N–H and O–H groups in total. The molecule has 0 aliphatic carbocycles. The van der Waals surface area contributed by atoms with Crippen molar-refractivity contribution in [2.45, 2.75) is 19.4 Å². The van der Waals surface area contributed by atoms with Crippen LogP contribution < -0.4 is 5.32 Å². The molecule has 1 aromatic heterocycles. The van der Waals surface area contributed by atoms with Crippen LogP contribution in [0.25, 0.3) is 0 Å². The van der Waals surface area contributed by atoms with Gasteiger partial charge in [0.15, 0.2) is 0 Å². The van der Waals surface area contributed by atoms with E-state index in [9.17, 15) is 0 Å². The summed E-state index contributed by atoms with van der Waals surface area (Å²) >= 11 is 0. The maximum absolute atomic E-state index is 4.24. The van der Waals surface area contributed by atoms with Gasteiger partial charge in [-0.2, -0.15) is 0 Å². The third-order valence-corrected chi connectivity index (χ3v) is 2.65. The number of rotatable bonds is 4. The zero-order chi connectivity index (χ0) is 9.97. The lowest BCUT2D eigenvalue weighted by atomic mass is 10.1. The first-order valence-corrected chi connectivity index (χ1v) is 5.26. The summed E-state index contributed by atoms with van der Waals surface area (Å²) in [4.78, 5) is 6.70. The number of hydrogen-bond donors (Lipinski definition) is 1. The zero-order valence-corrected chi connectivity index (χ0v) is 8.90. The Kier molecular flexibility index (Phi) is 2.72. The average Bonchev–Trinajstić information content (AvgIpc) is 2.48. The Morgan fingerprint density at radius 1 is 1.57 bits per heavy atom. The number of likely N-dealkylation sites (tertiary alicyclic amines) is 1. The molecule has 0 bridgehead atoms. The molecule has 2 rings (SSSR count). The van der Waals surface area contributed by atoms with Crippen LogP contribution in [-0.2, 0) is 7.05 Å². The van der Waals surface area contributed by atoms with E-state index in [2.05, 4.69) is 22.1 Å². The van der Waals surface area contributed by atoms with Gasteiger partial charge in [0.2, 0.25) is 5.95 Å². The summed E-state index contributed by atoms with van der Waals surface area (Å²) in [6, 6.07) is 0.586. The highest BCUT2D eigenvalue weighted by Gasteiger charge is 2.26. The van der Waals surface area contributed by atoms with E-state index in [4.69, 9.17) is 0 Å². The van der Waals surface area contributed by atoms with Crippen molar-refractivity contribution < 1.29 is 0 Å². The van der Waals surface area contributed by atoms with Gasteiger partial charge in [0.1, 0.15) is 0 Å². The summed E-state index contributed by atoms with van der Waals surface area (Å²) in [5.41, 5.74) is 0. The van der Waals surface area contributed by atoms with Crippen molar-refractivity contribution in [1.29, 1.82) is 0 Å². The van der Waals surface area contributed by atoms with E-state index in [1.807, 2.05) is 24.0 Å². The number of aromatic nitrogens is 2. The molecule has 1 saturated heterocycles. The predicted molar refractivity (Wildman–Crippen MR) is 57.3 cm³/mol. The van der Waals surface area contributed by atoms with Crippen LogP contribution in [0.2, 0.25) is 0 Å². The van der Waals surface area contributed by atoms with E-state index in [1.165, 1.54) is 13.0 Å². The summed E-state index contributed by atoms with van der Waals surface area (Å²) < 4.78 is 2.02. The highest BCUT2D eigenvalue weighted by molar-refractivity contribution is 5.28. The topological polar surface area (TPSA) is 33.1 Å². The van der Waals surface area contributed by atoms with E-state index in [0.29, 0.717) is 6.04 Å². The summed E-state index contributed by atoms with van der Waals surface area (Å²) in [6.07, 6.45) is 5.03. The molecule has 78 valence electrons. The molecule has 4 nitrogen and oxygen atoms in total. The number of imidazole rings is 1. The second-order valence-electron chi connectivity index (χ2n) is 3.96. The van der Waals surface area contributed by atoms with Crippen molar-refractivity contribution in [3.8, 4) is 0 Å². The van der Waals surface area contributed by atoms with Gasteiger partial charge in [0.25, 0.3) is 0 Å². The van der Waals surface area contributed by atoms with Gasteiger partial charge in [-0.1, -0.05) is 6.92 Å². The molecule has 0 amide bonds. The highest BCUT2D eigenvalue weighted by Crippen LogP contribution is 2.13. The molecule has 4 heteroatoms. The van der Waals surface area contributed by atoms with Crippen LogP contribution in [0.5, 0.6) is 0 Å². The molecule has 2 heterocycles. The van der Waals surface area contributed by atoms with E-state index in [1.54, 1.807) is 0 Å².